The van der Waals surface area contributed by atoms with Gasteiger partial charge in [-0.3, -0.25) is 9.69 Å². The fourth-order valence-corrected chi connectivity index (χ4v) is 5.87. The molecule has 1 amide bonds. The van der Waals surface area contributed by atoms with Crippen molar-refractivity contribution in [3.63, 3.8) is 0 Å². The molecule has 0 heterocycles. The fourth-order valence-electron chi connectivity index (χ4n) is 5.40. The number of carbonyl (C=O) groups excluding carboxylic acids is 1. The molecule has 0 spiro atoms. The van der Waals surface area contributed by atoms with Crippen molar-refractivity contribution in [2.75, 3.05) is 18.6 Å². The average Bonchev–Trinajstić information content (AvgIpc) is 2.88. The molecule has 0 aliphatic heterocycles. The van der Waals surface area contributed by atoms with Crippen LogP contribution in [0.15, 0.2) is 42.5 Å². The minimum absolute atomic E-state index is 0.0273. The Morgan fingerprint density at radius 1 is 1.08 bits per heavy atom. The molecule has 0 radical (unpaired) electrons. The third-order valence-corrected chi connectivity index (χ3v) is 8.48. The van der Waals surface area contributed by atoms with Crippen molar-refractivity contribution in [1.82, 2.24) is 10.2 Å². The monoisotopic (exact) mass is 538 g/mol. The first-order valence-corrected chi connectivity index (χ1v) is 15.5. The van der Waals surface area contributed by atoms with Gasteiger partial charge in [-0.25, -0.2) is 4.79 Å². The van der Waals surface area contributed by atoms with E-state index in [9.17, 15) is 14.7 Å². The van der Waals surface area contributed by atoms with Crippen molar-refractivity contribution < 1.29 is 14.7 Å². The molecule has 2 aromatic carbocycles. The van der Waals surface area contributed by atoms with E-state index in [0.29, 0.717) is 17.7 Å². The molecule has 1 aliphatic rings. The highest BCUT2D eigenvalue weighted by Crippen LogP contribution is 2.31. The highest BCUT2D eigenvalue weighted by atomic mass is 32.2. The first kappa shape index (κ1) is 30.2. The Hall–Kier alpha value is -2.31. The Labute approximate surface area is 233 Å². The second-order valence-electron chi connectivity index (χ2n) is 11.7. The highest BCUT2D eigenvalue weighted by Gasteiger charge is 2.26. The molecule has 0 aromatic heterocycles. The summed E-state index contributed by atoms with van der Waals surface area (Å²) in [5, 5.41) is 12.4. The van der Waals surface area contributed by atoms with Gasteiger partial charge in [-0.1, -0.05) is 62.4 Å². The molecule has 0 bridgehead atoms. The zero-order chi connectivity index (χ0) is 27.7. The summed E-state index contributed by atoms with van der Waals surface area (Å²) in [5.41, 5.74) is 4.65. The van der Waals surface area contributed by atoms with Crippen molar-refractivity contribution in [3.05, 3.63) is 59.2 Å². The molecule has 38 heavy (non-hydrogen) atoms. The number of carbonyl (C=O) groups is 2. The SMILES string of the molecule is CSCCC(NC(=O)c1ccc(CN(CCC2CCCCC2)C(C)(C)C)cc1-c1ccccc1C)C(=O)O. The van der Waals surface area contributed by atoms with Gasteiger partial charge in [0.1, 0.15) is 6.04 Å². The molecular formula is C32H46N2O3S. The van der Waals surface area contributed by atoms with Crippen LogP contribution in [0, 0.1) is 12.8 Å². The lowest BCUT2D eigenvalue weighted by atomic mass is 9.86. The molecule has 208 valence electrons. The third-order valence-electron chi connectivity index (χ3n) is 7.83. The summed E-state index contributed by atoms with van der Waals surface area (Å²) in [4.78, 5) is 27.8. The van der Waals surface area contributed by atoms with Gasteiger partial charge in [-0.15, -0.1) is 0 Å². The number of carboxylic acids is 1. The predicted molar refractivity (Wildman–Crippen MR) is 160 cm³/mol. The molecule has 3 rings (SSSR count). The molecular weight excluding hydrogens is 492 g/mol. The van der Waals surface area contributed by atoms with E-state index in [0.717, 1.165) is 41.3 Å². The summed E-state index contributed by atoms with van der Waals surface area (Å²) in [6.07, 6.45) is 10.4. The fraction of sp³-hybridized carbons (Fsp3) is 0.562. The number of benzene rings is 2. The van der Waals surface area contributed by atoms with Crippen LogP contribution >= 0.6 is 11.8 Å². The first-order valence-electron chi connectivity index (χ1n) is 14.1. The number of nitrogens with one attached hydrogen (secondary N) is 1. The maximum atomic E-state index is 13.4. The van der Waals surface area contributed by atoms with Crippen LogP contribution in [-0.2, 0) is 11.3 Å². The van der Waals surface area contributed by atoms with Gasteiger partial charge in [0.05, 0.1) is 0 Å². The third kappa shape index (κ3) is 8.60. The minimum atomic E-state index is -1.000. The van der Waals surface area contributed by atoms with Crippen molar-refractivity contribution in [2.45, 2.75) is 90.8 Å². The normalized spacial score (nSPS) is 15.4. The van der Waals surface area contributed by atoms with Crippen LogP contribution in [0.4, 0.5) is 0 Å². The quantitative estimate of drug-likeness (QED) is 0.300. The number of aryl methyl sites for hydroxylation is 1. The lowest BCUT2D eigenvalue weighted by molar-refractivity contribution is -0.139. The molecule has 2 N–H and O–H groups in total. The van der Waals surface area contributed by atoms with Crippen molar-refractivity contribution in [2.24, 2.45) is 5.92 Å². The Morgan fingerprint density at radius 2 is 1.79 bits per heavy atom. The smallest absolute Gasteiger partial charge is 0.326 e. The van der Waals surface area contributed by atoms with E-state index in [1.165, 1.54) is 38.5 Å². The van der Waals surface area contributed by atoms with Gasteiger partial charge >= 0.3 is 5.97 Å². The molecule has 5 nitrogen and oxygen atoms in total. The number of rotatable bonds is 12. The van der Waals surface area contributed by atoms with Gasteiger partial charge in [0.15, 0.2) is 0 Å². The van der Waals surface area contributed by atoms with Crippen molar-refractivity contribution in [3.8, 4) is 11.1 Å². The molecule has 6 heteroatoms. The number of hydrogen-bond donors (Lipinski definition) is 2. The Bertz CT molecular complexity index is 1070. The van der Waals surface area contributed by atoms with Gasteiger partial charge < -0.3 is 10.4 Å². The second-order valence-corrected chi connectivity index (χ2v) is 12.7. The number of amides is 1. The van der Waals surface area contributed by atoms with Gasteiger partial charge in [0.25, 0.3) is 5.91 Å². The average molecular weight is 539 g/mol. The van der Waals surface area contributed by atoms with E-state index in [4.69, 9.17) is 0 Å². The number of hydrogen-bond acceptors (Lipinski definition) is 4. The van der Waals surface area contributed by atoms with Crippen LogP contribution < -0.4 is 5.32 Å². The number of thioether (sulfide) groups is 1. The van der Waals surface area contributed by atoms with Crippen LogP contribution in [0.2, 0.25) is 0 Å². The molecule has 1 atom stereocenters. The summed E-state index contributed by atoms with van der Waals surface area (Å²) in [6, 6.07) is 13.2. The van der Waals surface area contributed by atoms with E-state index in [1.54, 1.807) is 11.8 Å². The van der Waals surface area contributed by atoms with E-state index in [-0.39, 0.29) is 11.4 Å². The largest absolute Gasteiger partial charge is 0.480 e. The topological polar surface area (TPSA) is 69.6 Å². The first-order chi connectivity index (χ1) is 18.1. The van der Waals surface area contributed by atoms with Crippen LogP contribution in [0.5, 0.6) is 0 Å². The van der Waals surface area contributed by atoms with E-state index in [1.807, 2.05) is 49.6 Å². The van der Waals surface area contributed by atoms with Crippen LogP contribution in [0.3, 0.4) is 0 Å². The minimum Gasteiger partial charge on any atom is -0.480 e. The molecule has 1 unspecified atom stereocenters. The molecule has 2 aromatic rings. The van der Waals surface area contributed by atoms with Gasteiger partial charge in [0.2, 0.25) is 0 Å². The van der Waals surface area contributed by atoms with Crippen molar-refractivity contribution >= 4 is 23.6 Å². The lowest BCUT2D eigenvalue weighted by Gasteiger charge is -2.37. The summed E-state index contributed by atoms with van der Waals surface area (Å²) in [6.45, 7) is 10.7. The Kier molecular flexibility index (Phi) is 11.3. The maximum absolute atomic E-state index is 13.4. The Morgan fingerprint density at radius 3 is 2.42 bits per heavy atom. The van der Waals surface area contributed by atoms with Gasteiger partial charge in [-0.2, -0.15) is 11.8 Å². The summed E-state index contributed by atoms with van der Waals surface area (Å²) >= 11 is 1.58. The summed E-state index contributed by atoms with van der Waals surface area (Å²) in [7, 11) is 0. The zero-order valence-electron chi connectivity index (χ0n) is 23.9. The molecule has 1 fully saturated rings. The van der Waals surface area contributed by atoms with E-state index >= 15 is 0 Å². The molecule has 1 aliphatic carbocycles. The van der Waals surface area contributed by atoms with Crippen LogP contribution in [0.25, 0.3) is 11.1 Å². The van der Waals surface area contributed by atoms with Crippen molar-refractivity contribution in [1.29, 1.82) is 0 Å². The maximum Gasteiger partial charge on any atom is 0.326 e. The molecule has 1 saturated carbocycles. The van der Waals surface area contributed by atoms with Crippen LogP contribution in [0.1, 0.15) is 87.2 Å². The number of nitrogens with zero attached hydrogens (tertiary/aromatic N) is 1. The molecule has 0 saturated heterocycles. The highest BCUT2D eigenvalue weighted by molar-refractivity contribution is 7.98. The van der Waals surface area contributed by atoms with Crippen LogP contribution in [-0.4, -0.2) is 52.0 Å². The predicted octanol–water partition coefficient (Wildman–Crippen LogP) is 7.17. The number of aliphatic carboxylic acids is 1. The van der Waals surface area contributed by atoms with Gasteiger partial charge in [0, 0.05) is 17.6 Å². The van der Waals surface area contributed by atoms with Gasteiger partial charge in [-0.05, 0) is 99.4 Å². The standard InChI is InChI=1S/C32H46N2O3S/c1-23-11-9-10-14-26(23)28-21-25(15-16-27(28)30(35)33-29(31(36)37)18-20-38-5)22-34(32(2,3)4)19-17-24-12-7-6-8-13-24/h9-11,14-16,21,24,29H,6-8,12-13,17-20,22H2,1-5H3,(H,33,35)(H,36,37). The number of carboxylic acid groups (broad SMARTS) is 1. The van der Waals surface area contributed by atoms with E-state index in [2.05, 4.69) is 37.1 Å². The second kappa shape index (κ2) is 14.2. The van der Waals surface area contributed by atoms with E-state index < -0.39 is 12.0 Å². The summed E-state index contributed by atoms with van der Waals surface area (Å²) < 4.78 is 0. The zero-order valence-corrected chi connectivity index (χ0v) is 24.7. The Balaban J connectivity index is 1.89. The lowest BCUT2D eigenvalue weighted by Crippen LogP contribution is -2.42. The summed E-state index contributed by atoms with van der Waals surface area (Å²) in [5.74, 6) is 0.161.